The number of alkyl halides is 2. The molecule has 2 N–H and O–H groups in total. The molecule has 0 saturated carbocycles. The number of hydrogen-bond donors (Lipinski definition) is 2. The summed E-state index contributed by atoms with van der Waals surface area (Å²) < 4.78 is 40.3. The first-order valence-electron chi connectivity index (χ1n) is 10.3. The third-order valence-corrected chi connectivity index (χ3v) is 4.94. The first kappa shape index (κ1) is 27.6. The van der Waals surface area contributed by atoms with Crippen LogP contribution in [0, 0.1) is 5.92 Å². The van der Waals surface area contributed by atoms with Crippen molar-refractivity contribution in [2.75, 3.05) is 47.0 Å². The lowest BCUT2D eigenvalue weighted by molar-refractivity contribution is -0.0512. The monoisotopic (exact) mass is 556 g/mol. The van der Waals surface area contributed by atoms with Gasteiger partial charge in [0.05, 0.1) is 20.3 Å². The van der Waals surface area contributed by atoms with Crippen molar-refractivity contribution < 1.29 is 23.0 Å². The molecule has 0 amide bonds. The van der Waals surface area contributed by atoms with Gasteiger partial charge >= 0.3 is 6.61 Å². The molecule has 178 valence electrons. The smallest absolute Gasteiger partial charge is 0.387 e. The van der Waals surface area contributed by atoms with Gasteiger partial charge in [0.25, 0.3) is 0 Å². The van der Waals surface area contributed by atoms with Gasteiger partial charge in [-0.3, -0.25) is 9.89 Å². The van der Waals surface area contributed by atoms with Crippen LogP contribution in [0.3, 0.4) is 0 Å². The van der Waals surface area contributed by atoms with Gasteiger partial charge in [-0.25, -0.2) is 0 Å². The summed E-state index contributed by atoms with van der Waals surface area (Å²) in [6.45, 7) is 6.12. The van der Waals surface area contributed by atoms with Crippen molar-refractivity contribution in [2.45, 2.75) is 39.5 Å². The van der Waals surface area contributed by atoms with E-state index in [-0.39, 0.29) is 35.5 Å². The van der Waals surface area contributed by atoms with Crippen LogP contribution in [0.4, 0.5) is 8.78 Å². The number of benzene rings is 1. The topological polar surface area (TPSA) is 67.4 Å². The van der Waals surface area contributed by atoms with E-state index in [1.54, 1.807) is 25.2 Å². The minimum absolute atomic E-state index is 0. The van der Waals surface area contributed by atoms with Crippen LogP contribution in [-0.4, -0.2) is 70.5 Å². The second-order valence-corrected chi connectivity index (χ2v) is 7.60. The van der Waals surface area contributed by atoms with E-state index in [9.17, 15) is 8.78 Å². The summed E-state index contributed by atoms with van der Waals surface area (Å²) >= 11 is 0. The highest BCUT2D eigenvalue weighted by atomic mass is 127. The maximum atomic E-state index is 12.6. The molecule has 1 atom stereocenters. The van der Waals surface area contributed by atoms with Crippen molar-refractivity contribution in [2.24, 2.45) is 10.9 Å². The van der Waals surface area contributed by atoms with Crippen LogP contribution in [0.25, 0.3) is 0 Å². The molecule has 1 aliphatic rings. The molecule has 0 radical (unpaired) electrons. The van der Waals surface area contributed by atoms with E-state index < -0.39 is 6.61 Å². The molecular weight excluding hydrogens is 521 g/mol. The molecule has 0 bridgehead atoms. The fraction of sp³-hybridized carbons (Fsp3) is 0.667. The van der Waals surface area contributed by atoms with Crippen molar-refractivity contribution in [1.82, 2.24) is 15.5 Å². The molecule has 2 rings (SSSR count). The van der Waals surface area contributed by atoms with E-state index in [4.69, 9.17) is 9.47 Å². The van der Waals surface area contributed by atoms with Crippen LogP contribution >= 0.6 is 24.0 Å². The third kappa shape index (κ3) is 9.73. The molecule has 0 spiro atoms. The van der Waals surface area contributed by atoms with Crippen LogP contribution in [0.1, 0.15) is 25.8 Å². The second-order valence-electron chi connectivity index (χ2n) is 7.60. The van der Waals surface area contributed by atoms with Gasteiger partial charge < -0.3 is 24.8 Å². The lowest BCUT2D eigenvalue weighted by atomic mass is 10.0. The highest BCUT2D eigenvalue weighted by Crippen LogP contribution is 2.29. The Kier molecular flexibility index (Phi) is 13.0. The van der Waals surface area contributed by atoms with Gasteiger partial charge in [0.2, 0.25) is 0 Å². The zero-order chi connectivity index (χ0) is 21.9. The summed E-state index contributed by atoms with van der Waals surface area (Å²) in [5.74, 6) is 1.52. The standard InChI is InChI=1S/C21H34F2N4O3.HI/c1-15(2)11-17(27-7-9-29-10-8-27)14-26-21(24-3)25-13-16-5-6-18(28-4)19(12-16)30-20(22)23;/h5-6,12,15,17,20H,7-11,13-14H2,1-4H3,(H2,24,25,26);1H. The van der Waals surface area contributed by atoms with E-state index >= 15 is 0 Å². The Morgan fingerprint density at radius 2 is 1.90 bits per heavy atom. The van der Waals surface area contributed by atoms with Crippen LogP contribution in [0.15, 0.2) is 23.2 Å². The maximum Gasteiger partial charge on any atom is 0.387 e. The number of morpholine rings is 1. The summed E-state index contributed by atoms with van der Waals surface area (Å²) in [4.78, 5) is 6.74. The molecule has 1 fully saturated rings. The van der Waals surface area contributed by atoms with Crippen molar-refractivity contribution in [1.29, 1.82) is 0 Å². The number of methoxy groups -OCH3 is 1. The molecule has 1 aromatic carbocycles. The van der Waals surface area contributed by atoms with Gasteiger partial charge in [0, 0.05) is 39.3 Å². The summed E-state index contributed by atoms with van der Waals surface area (Å²) in [5.41, 5.74) is 0.779. The molecule has 1 unspecified atom stereocenters. The lowest BCUT2D eigenvalue weighted by Crippen LogP contribution is -2.50. The third-order valence-electron chi connectivity index (χ3n) is 4.94. The molecule has 7 nitrogen and oxygen atoms in total. The Balaban J connectivity index is 0.00000480. The highest BCUT2D eigenvalue weighted by Gasteiger charge is 2.22. The first-order valence-corrected chi connectivity index (χ1v) is 10.3. The summed E-state index contributed by atoms with van der Waals surface area (Å²) in [6, 6.07) is 5.34. The van der Waals surface area contributed by atoms with E-state index in [0.717, 1.165) is 44.8 Å². The zero-order valence-corrected chi connectivity index (χ0v) is 21.0. The van der Waals surface area contributed by atoms with E-state index in [2.05, 4.69) is 39.1 Å². The number of rotatable bonds is 10. The van der Waals surface area contributed by atoms with Crippen LogP contribution in [-0.2, 0) is 11.3 Å². The molecule has 0 aliphatic carbocycles. The number of ether oxygens (including phenoxy) is 3. The molecule has 0 aromatic heterocycles. The van der Waals surface area contributed by atoms with Gasteiger partial charge in [-0.05, 0) is 30.0 Å². The number of nitrogens with one attached hydrogen (secondary N) is 2. The van der Waals surface area contributed by atoms with Crippen molar-refractivity contribution >= 4 is 29.9 Å². The van der Waals surface area contributed by atoms with E-state index in [0.29, 0.717) is 24.5 Å². The Bertz CT molecular complexity index is 674. The fourth-order valence-electron chi connectivity index (χ4n) is 3.49. The highest BCUT2D eigenvalue weighted by molar-refractivity contribution is 14.0. The largest absolute Gasteiger partial charge is 0.493 e. The number of halogens is 3. The van der Waals surface area contributed by atoms with Gasteiger partial charge in [-0.2, -0.15) is 8.78 Å². The summed E-state index contributed by atoms with van der Waals surface area (Å²) in [6.07, 6.45) is 1.08. The average molecular weight is 556 g/mol. The van der Waals surface area contributed by atoms with Gasteiger partial charge in [0.15, 0.2) is 17.5 Å². The summed E-state index contributed by atoms with van der Waals surface area (Å²) in [5, 5.41) is 6.62. The van der Waals surface area contributed by atoms with E-state index in [1.807, 2.05) is 0 Å². The van der Waals surface area contributed by atoms with Crippen molar-refractivity contribution in [3.63, 3.8) is 0 Å². The summed E-state index contributed by atoms with van der Waals surface area (Å²) in [7, 11) is 3.13. The Morgan fingerprint density at radius 3 is 2.48 bits per heavy atom. The first-order chi connectivity index (χ1) is 14.4. The van der Waals surface area contributed by atoms with Crippen molar-refractivity contribution in [3.8, 4) is 11.5 Å². The normalized spacial score (nSPS) is 16.1. The van der Waals surface area contributed by atoms with Crippen LogP contribution in [0.5, 0.6) is 11.5 Å². The number of hydrogen-bond acceptors (Lipinski definition) is 5. The molecule has 1 saturated heterocycles. The Morgan fingerprint density at radius 1 is 1.19 bits per heavy atom. The molecule has 1 aromatic rings. The van der Waals surface area contributed by atoms with Crippen LogP contribution in [0.2, 0.25) is 0 Å². The molecule has 1 aliphatic heterocycles. The Hall–Kier alpha value is -1.40. The molecular formula is C21H35F2IN4O3. The maximum absolute atomic E-state index is 12.6. The lowest BCUT2D eigenvalue weighted by Gasteiger charge is -2.35. The van der Waals surface area contributed by atoms with Gasteiger partial charge in [0.1, 0.15) is 0 Å². The van der Waals surface area contributed by atoms with Crippen molar-refractivity contribution in [3.05, 3.63) is 23.8 Å². The number of nitrogens with zero attached hydrogens (tertiary/aromatic N) is 2. The SMILES string of the molecule is CN=C(NCc1ccc(OC)c(OC(F)F)c1)NCC(CC(C)C)N1CCOCC1.I. The fourth-order valence-corrected chi connectivity index (χ4v) is 3.49. The Labute approximate surface area is 200 Å². The average Bonchev–Trinajstić information content (AvgIpc) is 2.73. The second kappa shape index (κ2) is 14.6. The number of aliphatic imine (C=N–C) groups is 1. The minimum Gasteiger partial charge on any atom is -0.493 e. The predicted molar refractivity (Wildman–Crippen MR) is 129 cm³/mol. The molecule has 1 heterocycles. The number of guanidine groups is 1. The quantitative estimate of drug-likeness (QED) is 0.262. The van der Waals surface area contributed by atoms with Crippen LogP contribution < -0.4 is 20.1 Å². The molecule has 10 heteroatoms. The molecule has 31 heavy (non-hydrogen) atoms. The van der Waals surface area contributed by atoms with Gasteiger partial charge in [-0.15, -0.1) is 24.0 Å². The zero-order valence-electron chi connectivity index (χ0n) is 18.7. The minimum atomic E-state index is -2.91. The van der Waals surface area contributed by atoms with Gasteiger partial charge in [-0.1, -0.05) is 19.9 Å². The predicted octanol–water partition coefficient (Wildman–Crippen LogP) is 3.33. The van der Waals surface area contributed by atoms with E-state index in [1.165, 1.54) is 7.11 Å².